The van der Waals surface area contributed by atoms with Crippen LogP contribution >= 0.6 is 0 Å². The number of ether oxygens (including phenoxy) is 1. The number of halogens is 1. The number of carbonyl (C=O) groups is 2. The smallest absolute Gasteiger partial charge is 0.325 e. The second kappa shape index (κ2) is 7.00. The van der Waals surface area contributed by atoms with Gasteiger partial charge in [-0.3, -0.25) is 9.69 Å². The monoisotopic (exact) mass is 350 g/mol. The average Bonchev–Trinajstić information content (AvgIpc) is 2.82. The van der Waals surface area contributed by atoms with Gasteiger partial charge in [0.15, 0.2) is 0 Å². The molecule has 3 rings (SSSR count). The minimum Gasteiger partial charge on any atom is -0.491 e. The SMILES string of the molecule is CC1CCC2(CC1)NC(=O)N(C[C@H](O)COc1ccc(F)cc1)C2=O. The first-order valence-corrected chi connectivity index (χ1v) is 8.60. The zero-order valence-corrected chi connectivity index (χ0v) is 14.2. The molecule has 1 saturated heterocycles. The van der Waals surface area contributed by atoms with E-state index < -0.39 is 17.7 Å². The van der Waals surface area contributed by atoms with Gasteiger partial charge in [-0.2, -0.15) is 0 Å². The van der Waals surface area contributed by atoms with Gasteiger partial charge in [0.25, 0.3) is 5.91 Å². The van der Waals surface area contributed by atoms with Crippen molar-refractivity contribution in [1.29, 1.82) is 0 Å². The molecule has 0 unspecified atom stereocenters. The van der Waals surface area contributed by atoms with Crippen LogP contribution in [0.1, 0.15) is 32.6 Å². The minimum absolute atomic E-state index is 0.0905. The average molecular weight is 350 g/mol. The van der Waals surface area contributed by atoms with E-state index in [4.69, 9.17) is 4.74 Å². The minimum atomic E-state index is -1.02. The summed E-state index contributed by atoms with van der Waals surface area (Å²) in [4.78, 5) is 26.0. The van der Waals surface area contributed by atoms with Gasteiger partial charge in [-0.15, -0.1) is 0 Å². The van der Waals surface area contributed by atoms with Crippen LogP contribution in [-0.2, 0) is 4.79 Å². The van der Waals surface area contributed by atoms with E-state index in [0.29, 0.717) is 24.5 Å². The van der Waals surface area contributed by atoms with Crippen molar-refractivity contribution < 1.29 is 23.8 Å². The summed E-state index contributed by atoms with van der Waals surface area (Å²) in [5.41, 5.74) is -0.804. The summed E-state index contributed by atoms with van der Waals surface area (Å²) < 4.78 is 18.2. The number of nitrogens with zero attached hydrogens (tertiary/aromatic N) is 1. The third-order valence-electron chi connectivity index (χ3n) is 5.02. The molecule has 1 aromatic rings. The van der Waals surface area contributed by atoms with Crippen molar-refractivity contribution in [2.24, 2.45) is 5.92 Å². The van der Waals surface area contributed by atoms with Gasteiger partial charge in [0.1, 0.15) is 29.8 Å². The van der Waals surface area contributed by atoms with Crippen molar-refractivity contribution in [2.75, 3.05) is 13.2 Å². The van der Waals surface area contributed by atoms with Gasteiger partial charge in [0.2, 0.25) is 0 Å². The van der Waals surface area contributed by atoms with Gasteiger partial charge in [0, 0.05) is 0 Å². The molecule has 1 spiro atoms. The van der Waals surface area contributed by atoms with E-state index in [9.17, 15) is 19.1 Å². The number of hydrogen-bond donors (Lipinski definition) is 2. The number of nitrogens with one attached hydrogen (secondary N) is 1. The van der Waals surface area contributed by atoms with Gasteiger partial charge >= 0.3 is 6.03 Å². The lowest BCUT2D eigenvalue weighted by Gasteiger charge is -2.33. The van der Waals surface area contributed by atoms with Crippen molar-refractivity contribution in [3.63, 3.8) is 0 Å². The predicted molar refractivity (Wildman–Crippen MR) is 88.5 cm³/mol. The number of rotatable bonds is 5. The Balaban J connectivity index is 1.55. The van der Waals surface area contributed by atoms with Crippen LogP contribution in [0.2, 0.25) is 0 Å². The Labute approximate surface area is 146 Å². The quantitative estimate of drug-likeness (QED) is 0.797. The maximum absolute atomic E-state index is 12.8. The van der Waals surface area contributed by atoms with Crippen LogP contribution < -0.4 is 10.1 Å². The van der Waals surface area contributed by atoms with E-state index in [2.05, 4.69) is 12.2 Å². The first-order valence-electron chi connectivity index (χ1n) is 8.60. The Morgan fingerprint density at radius 1 is 1.32 bits per heavy atom. The molecule has 25 heavy (non-hydrogen) atoms. The molecule has 6 nitrogen and oxygen atoms in total. The highest BCUT2D eigenvalue weighted by Crippen LogP contribution is 2.36. The molecule has 1 aliphatic heterocycles. The molecule has 0 radical (unpaired) electrons. The normalized spacial score (nSPS) is 27.5. The molecule has 3 amide bonds. The lowest BCUT2D eigenvalue weighted by atomic mass is 9.77. The van der Waals surface area contributed by atoms with Crippen LogP contribution in [0.15, 0.2) is 24.3 Å². The highest BCUT2D eigenvalue weighted by Gasteiger charge is 2.52. The summed E-state index contributed by atoms with van der Waals surface area (Å²) in [5, 5.41) is 12.9. The summed E-state index contributed by atoms with van der Waals surface area (Å²) in [6.07, 6.45) is 2.05. The molecule has 1 atom stereocenters. The maximum Gasteiger partial charge on any atom is 0.325 e. The van der Waals surface area contributed by atoms with Crippen molar-refractivity contribution in [3.05, 3.63) is 30.1 Å². The van der Waals surface area contributed by atoms with Gasteiger partial charge < -0.3 is 15.2 Å². The third-order valence-corrected chi connectivity index (χ3v) is 5.02. The number of aliphatic hydroxyl groups is 1. The molecule has 2 N–H and O–H groups in total. The second-order valence-corrected chi connectivity index (χ2v) is 7.03. The van der Waals surface area contributed by atoms with Crippen LogP contribution in [0.5, 0.6) is 5.75 Å². The fraction of sp³-hybridized carbons (Fsp3) is 0.556. The van der Waals surface area contributed by atoms with Crippen LogP contribution in [-0.4, -0.2) is 46.7 Å². The first kappa shape index (κ1) is 17.7. The lowest BCUT2D eigenvalue weighted by molar-refractivity contribution is -0.133. The topological polar surface area (TPSA) is 78.9 Å². The molecule has 2 aliphatic rings. The van der Waals surface area contributed by atoms with Gasteiger partial charge in [-0.25, -0.2) is 9.18 Å². The fourth-order valence-corrected chi connectivity index (χ4v) is 3.42. The van der Waals surface area contributed by atoms with Crippen LogP contribution in [0, 0.1) is 11.7 Å². The van der Waals surface area contributed by atoms with E-state index >= 15 is 0 Å². The second-order valence-electron chi connectivity index (χ2n) is 7.03. The van der Waals surface area contributed by atoms with E-state index in [0.717, 1.165) is 17.7 Å². The molecule has 1 saturated carbocycles. The number of amides is 3. The zero-order chi connectivity index (χ0) is 18.0. The van der Waals surface area contributed by atoms with Crippen LogP contribution in [0.25, 0.3) is 0 Å². The number of benzene rings is 1. The van der Waals surface area contributed by atoms with Crippen molar-refractivity contribution in [3.8, 4) is 5.75 Å². The Bertz CT molecular complexity index is 641. The summed E-state index contributed by atoms with van der Waals surface area (Å²) in [6.45, 7) is 1.93. The Morgan fingerprint density at radius 3 is 2.60 bits per heavy atom. The molecule has 1 aliphatic carbocycles. The Morgan fingerprint density at radius 2 is 1.96 bits per heavy atom. The fourth-order valence-electron chi connectivity index (χ4n) is 3.42. The molecule has 2 fully saturated rings. The summed E-state index contributed by atoms with van der Waals surface area (Å²) in [7, 11) is 0. The third kappa shape index (κ3) is 3.76. The highest BCUT2D eigenvalue weighted by molar-refractivity contribution is 6.07. The number of aliphatic hydroxyl groups excluding tert-OH is 1. The standard InChI is InChI=1S/C18H23FN2O4/c1-12-6-8-18(9-7-12)16(23)21(17(24)20-18)10-14(22)11-25-15-4-2-13(19)3-5-15/h2-5,12,14,22H,6-11H2,1H3,(H,20,24)/t12?,14-,18?/m0/s1. The first-order chi connectivity index (χ1) is 11.9. The highest BCUT2D eigenvalue weighted by atomic mass is 19.1. The maximum atomic E-state index is 12.8. The zero-order valence-electron chi connectivity index (χ0n) is 14.2. The Kier molecular flexibility index (Phi) is 4.94. The number of urea groups is 1. The molecule has 1 heterocycles. The molecule has 1 aromatic carbocycles. The molecule has 0 bridgehead atoms. The molecular weight excluding hydrogens is 327 g/mol. The molecule has 7 heteroatoms. The number of β-amino-alcohol motifs (C(OH)–C–C–N with tert-alkyl or cyclic N) is 1. The summed E-state index contributed by atoms with van der Waals surface area (Å²) >= 11 is 0. The largest absolute Gasteiger partial charge is 0.491 e. The van der Waals surface area contributed by atoms with E-state index in [1.165, 1.54) is 24.3 Å². The number of imide groups is 1. The van der Waals surface area contributed by atoms with Gasteiger partial charge in [0.05, 0.1) is 6.54 Å². The van der Waals surface area contributed by atoms with Crippen LogP contribution in [0.4, 0.5) is 9.18 Å². The molecular formula is C18H23FN2O4. The van der Waals surface area contributed by atoms with Crippen LogP contribution in [0.3, 0.4) is 0 Å². The lowest BCUT2D eigenvalue weighted by Crippen LogP contribution is -2.49. The van der Waals surface area contributed by atoms with Gasteiger partial charge in [-0.05, 0) is 55.9 Å². The number of hydrogen-bond acceptors (Lipinski definition) is 4. The van der Waals surface area contributed by atoms with Crippen molar-refractivity contribution >= 4 is 11.9 Å². The predicted octanol–water partition coefficient (Wildman–Crippen LogP) is 2.07. The molecule has 136 valence electrons. The summed E-state index contributed by atoms with van der Waals surface area (Å²) in [6, 6.07) is 4.96. The Hall–Kier alpha value is -2.15. The summed E-state index contributed by atoms with van der Waals surface area (Å²) in [5.74, 6) is 0.332. The van der Waals surface area contributed by atoms with E-state index in [1.54, 1.807) is 0 Å². The van der Waals surface area contributed by atoms with E-state index in [1.807, 2.05) is 0 Å². The van der Waals surface area contributed by atoms with Crippen molar-refractivity contribution in [2.45, 2.75) is 44.2 Å². The van der Waals surface area contributed by atoms with E-state index in [-0.39, 0.29) is 24.9 Å². The van der Waals surface area contributed by atoms with Crippen molar-refractivity contribution in [1.82, 2.24) is 10.2 Å². The van der Waals surface area contributed by atoms with Gasteiger partial charge in [-0.1, -0.05) is 6.92 Å². The number of carbonyl (C=O) groups excluding carboxylic acids is 2. The molecule has 0 aromatic heterocycles.